The SMILES string of the molecule is CC(=O)c1ccc(-n2nc(C)c(Br)c2C)c(F)c1. The normalized spacial score (nSPS) is 10.7. The highest BCUT2D eigenvalue weighted by molar-refractivity contribution is 9.10. The van der Waals surface area contributed by atoms with Crippen molar-refractivity contribution < 1.29 is 9.18 Å². The fourth-order valence-corrected chi connectivity index (χ4v) is 2.00. The Morgan fingerprint density at radius 3 is 2.50 bits per heavy atom. The van der Waals surface area contributed by atoms with Crippen LogP contribution in [0.15, 0.2) is 22.7 Å². The Morgan fingerprint density at radius 2 is 2.06 bits per heavy atom. The van der Waals surface area contributed by atoms with Crippen LogP contribution in [0.5, 0.6) is 0 Å². The van der Waals surface area contributed by atoms with Crippen molar-refractivity contribution in [1.29, 1.82) is 0 Å². The number of hydrogen-bond donors (Lipinski definition) is 0. The first-order valence-electron chi connectivity index (χ1n) is 5.44. The molecule has 0 saturated heterocycles. The lowest BCUT2D eigenvalue weighted by Gasteiger charge is -2.07. The maximum Gasteiger partial charge on any atom is 0.159 e. The first-order valence-corrected chi connectivity index (χ1v) is 6.23. The molecule has 1 heterocycles. The smallest absolute Gasteiger partial charge is 0.159 e. The van der Waals surface area contributed by atoms with Gasteiger partial charge in [0.2, 0.25) is 0 Å². The number of nitrogens with zero attached hydrogens (tertiary/aromatic N) is 2. The lowest BCUT2D eigenvalue weighted by Crippen LogP contribution is -2.04. The maximum atomic E-state index is 14.0. The van der Waals surface area contributed by atoms with Gasteiger partial charge in [0.15, 0.2) is 5.78 Å². The summed E-state index contributed by atoms with van der Waals surface area (Å²) in [7, 11) is 0. The van der Waals surface area contributed by atoms with Crippen LogP contribution in [0.2, 0.25) is 0 Å². The van der Waals surface area contributed by atoms with Crippen LogP contribution in [0.4, 0.5) is 4.39 Å². The minimum absolute atomic E-state index is 0.157. The van der Waals surface area contributed by atoms with Crippen molar-refractivity contribution in [3.63, 3.8) is 0 Å². The Morgan fingerprint density at radius 1 is 1.39 bits per heavy atom. The van der Waals surface area contributed by atoms with E-state index in [1.54, 1.807) is 12.1 Å². The lowest BCUT2D eigenvalue weighted by molar-refractivity contribution is 0.101. The zero-order chi connectivity index (χ0) is 13.4. The van der Waals surface area contributed by atoms with Crippen LogP contribution < -0.4 is 0 Å². The Balaban J connectivity index is 2.58. The van der Waals surface area contributed by atoms with E-state index in [1.165, 1.54) is 17.7 Å². The highest BCUT2D eigenvalue weighted by atomic mass is 79.9. The highest BCUT2D eigenvalue weighted by Gasteiger charge is 2.14. The van der Waals surface area contributed by atoms with Crippen molar-refractivity contribution in [2.75, 3.05) is 0 Å². The van der Waals surface area contributed by atoms with Crippen LogP contribution in [-0.2, 0) is 0 Å². The van der Waals surface area contributed by atoms with Crippen molar-refractivity contribution in [1.82, 2.24) is 9.78 Å². The van der Waals surface area contributed by atoms with Gasteiger partial charge >= 0.3 is 0 Å². The van der Waals surface area contributed by atoms with Crippen molar-refractivity contribution in [2.24, 2.45) is 0 Å². The fraction of sp³-hybridized carbons (Fsp3) is 0.231. The summed E-state index contributed by atoms with van der Waals surface area (Å²) >= 11 is 3.40. The molecule has 0 unspecified atom stereocenters. The number of hydrogen-bond acceptors (Lipinski definition) is 2. The molecule has 0 aliphatic rings. The van der Waals surface area contributed by atoms with E-state index in [4.69, 9.17) is 0 Å². The molecule has 0 amide bonds. The Kier molecular flexibility index (Phi) is 3.34. The van der Waals surface area contributed by atoms with Gasteiger partial charge in [-0.05, 0) is 54.9 Å². The molecule has 0 bridgehead atoms. The molecule has 0 fully saturated rings. The summed E-state index contributed by atoms with van der Waals surface area (Å²) < 4.78 is 16.4. The van der Waals surface area contributed by atoms with E-state index in [-0.39, 0.29) is 5.78 Å². The quantitative estimate of drug-likeness (QED) is 0.794. The Hall–Kier alpha value is -1.49. The van der Waals surface area contributed by atoms with Crippen molar-refractivity contribution in [2.45, 2.75) is 20.8 Å². The van der Waals surface area contributed by atoms with Crippen molar-refractivity contribution in [3.8, 4) is 5.69 Å². The third-order valence-electron chi connectivity index (χ3n) is 2.79. The minimum atomic E-state index is -0.458. The molecule has 3 nitrogen and oxygen atoms in total. The van der Waals surface area contributed by atoms with Gasteiger partial charge in [0.05, 0.1) is 15.9 Å². The minimum Gasteiger partial charge on any atom is -0.295 e. The van der Waals surface area contributed by atoms with Crippen LogP contribution in [0.1, 0.15) is 28.7 Å². The summed E-state index contributed by atoms with van der Waals surface area (Å²) in [5.41, 5.74) is 2.31. The second-order valence-electron chi connectivity index (χ2n) is 4.12. The molecular formula is C13H12BrFN2O. The number of carbonyl (C=O) groups is 1. The topological polar surface area (TPSA) is 34.9 Å². The molecule has 1 aromatic heterocycles. The summed E-state index contributed by atoms with van der Waals surface area (Å²) in [5.74, 6) is -0.615. The van der Waals surface area contributed by atoms with Gasteiger partial charge < -0.3 is 0 Å². The molecule has 0 aliphatic carbocycles. The highest BCUT2D eigenvalue weighted by Crippen LogP contribution is 2.24. The van der Waals surface area contributed by atoms with Gasteiger partial charge in [-0.15, -0.1) is 0 Å². The predicted octanol–water partition coefficient (Wildman–Crippen LogP) is 3.59. The molecule has 1 aromatic carbocycles. The largest absolute Gasteiger partial charge is 0.295 e. The summed E-state index contributed by atoms with van der Waals surface area (Å²) in [5, 5.41) is 4.26. The average molecular weight is 311 g/mol. The van der Waals surface area contributed by atoms with Crippen LogP contribution in [0.3, 0.4) is 0 Å². The Labute approximate surface area is 113 Å². The van der Waals surface area contributed by atoms with Gasteiger partial charge in [-0.2, -0.15) is 5.10 Å². The summed E-state index contributed by atoms with van der Waals surface area (Å²) in [6, 6.07) is 4.41. The van der Waals surface area contributed by atoms with Crippen LogP contribution in [-0.4, -0.2) is 15.6 Å². The molecule has 0 aliphatic heterocycles. The van der Waals surface area contributed by atoms with Gasteiger partial charge in [0.25, 0.3) is 0 Å². The number of rotatable bonds is 2. The molecule has 5 heteroatoms. The Bertz CT molecular complexity index is 634. The van der Waals surface area contributed by atoms with E-state index in [0.29, 0.717) is 11.3 Å². The number of aryl methyl sites for hydroxylation is 1. The zero-order valence-corrected chi connectivity index (χ0v) is 11.9. The standard InChI is InChI=1S/C13H12BrFN2O/c1-7-13(14)8(2)17(16-7)12-5-4-10(9(3)18)6-11(12)15/h4-6H,1-3H3. The van der Waals surface area contributed by atoms with Crippen molar-refractivity contribution in [3.05, 3.63) is 45.4 Å². The number of halogens is 2. The van der Waals surface area contributed by atoms with Gasteiger partial charge in [0.1, 0.15) is 11.5 Å². The van der Waals surface area contributed by atoms with E-state index < -0.39 is 5.82 Å². The lowest BCUT2D eigenvalue weighted by atomic mass is 10.1. The number of benzene rings is 1. The third kappa shape index (κ3) is 2.10. The van der Waals surface area contributed by atoms with E-state index >= 15 is 0 Å². The van der Waals surface area contributed by atoms with E-state index in [2.05, 4.69) is 21.0 Å². The van der Waals surface area contributed by atoms with E-state index in [0.717, 1.165) is 15.9 Å². The van der Waals surface area contributed by atoms with Crippen molar-refractivity contribution >= 4 is 21.7 Å². The summed E-state index contributed by atoms with van der Waals surface area (Å²) in [6.45, 7) is 5.10. The van der Waals surface area contributed by atoms with Gasteiger partial charge in [0, 0.05) is 5.56 Å². The summed E-state index contributed by atoms with van der Waals surface area (Å²) in [4.78, 5) is 11.2. The molecule has 0 atom stereocenters. The molecule has 0 spiro atoms. The number of ketones is 1. The van der Waals surface area contributed by atoms with Crippen LogP contribution >= 0.6 is 15.9 Å². The van der Waals surface area contributed by atoms with Gasteiger partial charge in [-0.1, -0.05) is 0 Å². The van der Waals surface area contributed by atoms with Crippen LogP contribution in [0, 0.1) is 19.7 Å². The molecule has 0 saturated carbocycles. The maximum absolute atomic E-state index is 14.0. The second-order valence-corrected chi connectivity index (χ2v) is 4.91. The van der Waals surface area contributed by atoms with Crippen LogP contribution in [0.25, 0.3) is 5.69 Å². The number of aromatic nitrogens is 2. The molecule has 2 rings (SSSR count). The second kappa shape index (κ2) is 4.65. The summed E-state index contributed by atoms with van der Waals surface area (Å²) in [6.07, 6.45) is 0. The molecule has 94 valence electrons. The number of Topliss-reactive ketones (excluding diaryl/α,β-unsaturated/α-hetero) is 1. The van der Waals surface area contributed by atoms with E-state index in [1.807, 2.05) is 13.8 Å². The molecule has 18 heavy (non-hydrogen) atoms. The van der Waals surface area contributed by atoms with E-state index in [9.17, 15) is 9.18 Å². The van der Waals surface area contributed by atoms with Gasteiger partial charge in [-0.3, -0.25) is 4.79 Å². The zero-order valence-electron chi connectivity index (χ0n) is 10.3. The molecule has 0 N–H and O–H groups in total. The molecule has 2 aromatic rings. The van der Waals surface area contributed by atoms with Gasteiger partial charge in [-0.25, -0.2) is 9.07 Å². The first kappa shape index (κ1) is 13.0. The molecule has 0 radical (unpaired) electrons. The third-order valence-corrected chi connectivity index (χ3v) is 3.93. The number of carbonyl (C=O) groups excluding carboxylic acids is 1. The molecular weight excluding hydrogens is 299 g/mol. The monoisotopic (exact) mass is 310 g/mol. The first-order chi connectivity index (χ1) is 8.41. The average Bonchev–Trinajstić information content (AvgIpc) is 2.57. The predicted molar refractivity (Wildman–Crippen MR) is 70.7 cm³/mol. The fourth-order valence-electron chi connectivity index (χ4n) is 1.76.